The topological polar surface area (TPSA) is 16.1 Å². The van der Waals surface area contributed by atoms with E-state index in [9.17, 15) is 0 Å². The van der Waals surface area contributed by atoms with Crippen molar-refractivity contribution in [2.45, 2.75) is 26.2 Å². The summed E-state index contributed by atoms with van der Waals surface area (Å²) in [4.78, 5) is 6.64. The molecule has 2 nitrogen and oxygen atoms in total. The number of rotatable bonds is 2. The number of aryl methyl sites for hydroxylation is 1. The van der Waals surface area contributed by atoms with Crippen molar-refractivity contribution in [2.24, 2.45) is 0 Å². The zero-order chi connectivity index (χ0) is 10.7. The first kappa shape index (κ1) is 10.6. The molecule has 0 bridgehead atoms. The molecule has 2 heterocycles. The van der Waals surface area contributed by atoms with Crippen LogP contribution in [0.5, 0.6) is 0 Å². The first-order valence-corrected chi connectivity index (χ1v) is 5.68. The first-order chi connectivity index (χ1) is 7.24. The van der Waals surface area contributed by atoms with Crippen molar-refractivity contribution in [3.8, 4) is 0 Å². The van der Waals surface area contributed by atoms with Gasteiger partial charge in [0.15, 0.2) is 0 Å². The largest absolute Gasteiger partial charge is 0.306 e. The molecule has 1 aromatic rings. The predicted octanol–water partition coefficient (Wildman–Crippen LogP) is 2.23. The van der Waals surface area contributed by atoms with E-state index in [1.54, 1.807) is 5.92 Å². The van der Waals surface area contributed by atoms with Gasteiger partial charge in [-0.05, 0) is 63.4 Å². The Hall–Kier alpha value is -0.890. The van der Waals surface area contributed by atoms with Crippen molar-refractivity contribution in [1.82, 2.24) is 9.88 Å². The van der Waals surface area contributed by atoms with Crippen molar-refractivity contribution in [3.63, 3.8) is 0 Å². The second-order valence-electron chi connectivity index (χ2n) is 4.57. The van der Waals surface area contributed by atoms with Gasteiger partial charge in [0.2, 0.25) is 0 Å². The minimum absolute atomic E-state index is 1.12. The Kier molecular flexibility index (Phi) is 3.37. The summed E-state index contributed by atoms with van der Waals surface area (Å²) in [6.45, 7) is 4.47. The number of likely N-dealkylation sites (tertiary alicyclic amines) is 1. The van der Waals surface area contributed by atoms with Gasteiger partial charge in [0, 0.05) is 18.4 Å². The van der Waals surface area contributed by atoms with Gasteiger partial charge < -0.3 is 4.90 Å². The summed E-state index contributed by atoms with van der Waals surface area (Å²) < 4.78 is 0. The quantitative estimate of drug-likeness (QED) is 0.732. The summed E-state index contributed by atoms with van der Waals surface area (Å²) >= 11 is 0. The molecule has 1 aliphatic rings. The lowest BCUT2D eigenvalue weighted by Crippen LogP contribution is -2.31. The number of hydrogen-bond acceptors (Lipinski definition) is 2. The first-order valence-electron chi connectivity index (χ1n) is 5.68. The lowest BCUT2D eigenvalue weighted by molar-refractivity contribution is 0.291. The molecule has 0 spiro atoms. The third-order valence-electron chi connectivity index (χ3n) is 2.98. The molecule has 2 heteroatoms. The summed E-state index contributed by atoms with van der Waals surface area (Å²) in [7, 11) is 2.21. The molecule has 81 valence electrons. The van der Waals surface area contributed by atoms with Crippen LogP contribution in [-0.2, 0) is 6.42 Å². The molecule has 1 aromatic heterocycles. The highest BCUT2D eigenvalue weighted by Crippen LogP contribution is 2.21. The van der Waals surface area contributed by atoms with E-state index >= 15 is 0 Å². The fourth-order valence-electron chi connectivity index (χ4n) is 2.29. The van der Waals surface area contributed by atoms with Crippen molar-refractivity contribution < 1.29 is 0 Å². The van der Waals surface area contributed by atoms with Crippen LogP contribution in [0.3, 0.4) is 0 Å². The van der Waals surface area contributed by atoms with Gasteiger partial charge in [0.05, 0.1) is 0 Å². The normalized spacial score (nSPS) is 19.3. The molecule has 1 saturated heterocycles. The Morgan fingerprint density at radius 3 is 3.07 bits per heavy atom. The number of pyridine rings is 1. The summed E-state index contributed by atoms with van der Waals surface area (Å²) in [5.41, 5.74) is 2.53. The van der Waals surface area contributed by atoms with Gasteiger partial charge in [-0.2, -0.15) is 0 Å². The zero-order valence-corrected chi connectivity index (χ0v) is 9.66. The summed E-state index contributed by atoms with van der Waals surface area (Å²) in [6, 6.07) is 4.33. The van der Waals surface area contributed by atoms with E-state index in [-0.39, 0.29) is 0 Å². The Bertz CT molecular complexity index is 322. The van der Waals surface area contributed by atoms with E-state index in [1.807, 2.05) is 6.20 Å². The maximum atomic E-state index is 4.23. The van der Waals surface area contributed by atoms with E-state index in [0.717, 1.165) is 12.1 Å². The van der Waals surface area contributed by atoms with E-state index in [0.29, 0.717) is 0 Å². The monoisotopic (exact) mass is 203 g/mol. The molecule has 0 unspecified atom stereocenters. The van der Waals surface area contributed by atoms with Gasteiger partial charge in [-0.3, -0.25) is 4.98 Å². The molecule has 0 aliphatic carbocycles. The Morgan fingerprint density at radius 1 is 1.47 bits per heavy atom. The van der Waals surface area contributed by atoms with Crippen molar-refractivity contribution in [3.05, 3.63) is 35.5 Å². The molecule has 1 fully saturated rings. The lowest BCUT2D eigenvalue weighted by Gasteiger charge is -2.29. The predicted molar refractivity (Wildman–Crippen MR) is 62.7 cm³/mol. The maximum absolute atomic E-state index is 4.23. The van der Waals surface area contributed by atoms with Crippen LogP contribution in [0.25, 0.3) is 0 Å². The molecular formula is C13H19N2. The smallest absolute Gasteiger partial charge is 0.0375 e. The van der Waals surface area contributed by atoms with Gasteiger partial charge in [0.1, 0.15) is 0 Å². The highest BCUT2D eigenvalue weighted by molar-refractivity contribution is 5.20. The molecule has 2 rings (SSSR count). The van der Waals surface area contributed by atoms with Crippen LogP contribution in [0.1, 0.15) is 24.1 Å². The van der Waals surface area contributed by atoms with Crippen molar-refractivity contribution >= 4 is 0 Å². The Labute approximate surface area is 92.3 Å². The van der Waals surface area contributed by atoms with Crippen molar-refractivity contribution in [2.75, 3.05) is 20.1 Å². The zero-order valence-electron chi connectivity index (χ0n) is 9.66. The molecule has 1 aliphatic heterocycles. The second-order valence-corrected chi connectivity index (χ2v) is 4.57. The van der Waals surface area contributed by atoms with E-state index in [4.69, 9.17) is 0 Å². The molecule has 15 heavy (non-hydrogen) atoms. The van der Waals surface area contributed by atoms with Gasteiger partial charge in [-0.1, -0.05) is 0 Å². The SMILES string of the molecule is Cc1cc(C[C]2CCCN(C)C2)ccn1. The van der Waals surface area contributed by atoms with Crippen LogP contribution in [-0.4, -0.2) is 30.0 Å². The van der Waals surface area contributed by atoms with Crippen LogP contribution in [0.2, 0.25) is 0 Å². The molecule has 0 saturated carbocycles. The number of hydrogen-bond donors (Lipinski definition) is 0. The van der Waals surface area contributed by atoms with Crippen LogP contribution < -0.4 is 0 Å². The van der Waals surface area contributed by atoms with Gasteiger partial charge in [-0.15, -0.1) is 0 Å². The minimum Gasteiger partial charge on any atom is -0.306 e. The highest BCUT2D eigenvalue weighted by Gasteiger charge is 2.17. The van der Waals surface area contributed by atoms with Crippen LogP contribution in [0.15, 0.2) is 18.3 Å². The maximum Gasteiger partial charge on any atom is 0.0375 e. The number of aromatic nitrogens is 1. The molecule has 0 N–H and O–H groups in total. The standard InChI is InChI=1S/C13H19N2/c1-11-8-12(5-6-14-11)9-13-4-3-7-15(2)10-13/h5-6,8H,3-4,7,9-10H2,1-2H3. The summed E-state index contributed by atoms with van der Waals surface area (Å²) in [6.07, 6.45) is 5.66. The van der Waals surface area contributed by atoms with E-state index in [2.05, 4.69) is 36.0 Å². The van der Waals surface area contributed by atoms with Gasteiger partial charge in [0.25, 0.3) is 0 Å². The molecule has 1 radical (unpaired) electrons. The fourth-order valence-corrected chi connectivity index (χ4v) is 2.29. The third kappa shape index (κ3) is 3.03. The summed E-state index contributed by atoms with van der Waals surface area (Å²) in [5, 5.41) is 0. The average molecular weight is 203 g/mol. The molecule has 0 aromatic carbocycles. The third-order valence-corrected chi connectivity index (χ3v) is 2.98. The van der Waals surface area contributed by atoms with Gasteiger partial charge in [-0.25, -0.2) is 0 Å². The number of nitrogens with zero attached hydrogens (tertiary/aromatic N) is 2. The Balaban J connectivity index is 1.96. The fraction of sp³-hybridized carbons (Fsp3) is 0.538. The van der Waals surface area contributed by atoms with E-state index in [1.165, 1.54) is 31.5 Å². The number of piperidine rings is 1. The lowest BCUT2D eigenvalue weighted by atomic mass is 9.92. The van der Waals surface area contributed by atoms with Crippen LogP contribution in [0, 0.1) is 12.8 Å². The molecular weight excluding hydrogens is 184 g/mol. The average Bonchev–Trinajstić information content (AvgIpc) is 2.17. The van der Waals surface area contributed by atoms with Crippen molar-refractivity contribution in [1.29, 1.82) is 0 Å². The van der Waals surface area contributed by atoms with E-state index < -0.39 is 0 Å². The Morgan fingerprint density at radius 2 is 2.33 bits per heavy atom. The summed E-state index contributed by atoms with van der Waals surface area (Å²) in [5.74, 6) is 1.66. The van der Waals surface area contributed by atoms with Crippen LogP contribution >= 0.6 is 0 Å². The second kappa shape index (κ2) is 4.75. The highest BCUT2D eigenvalue weighted by atomic mass is 15.1. The van der Waals surface area contributed by atoms with Gasteiger partial charge >= 0.3 is 0 Å². The molecule has 0 atom stereocenters. The van der Waals surface area contributed by atoms with Crippen LogP contribution in [0.4, 0.5) is 0 Å². The molecule has 0 amide bonds. The minimum atomic E-state index is 1.12.